The summed E-state index contributed by atoms with van der Waals surface area (Å²) in [6.45, 7) is 4.72. The predicted molar refractivity (Wildman–Crippen MR) is 65.2 cm³/mol. The molecule has 1 aliphatic heterocycles. The van der Waals surface area contributed by atoms with Gasteiger partial charge in [0, 0.05) is 19.3 Å². The van der Waals surface area contributed by atoms with E-state index in [1.807, 2.05) is 0 Å². The van der Waals surface area contributed by atoms with E-state index in [2.05, 4.69) is 11.8 Å². The normalized spacial score (nSPS) is 28.2. The summed E-state index contributed by atoms with van der Waals surface area (Å²) in [5.41, 5.74) is 0. The quantitative estimate of drug-likeness (QED) is 0.771. The number of rotatable bonds is 5. The van der Waals surface area contributed by atoms with Gasteiger partial charge in [-0.25, -0.2) is 8.42 Å². The van der Waals surface area contributed by atoms with Gasteiger partial charge < -0.3 is 10.0 Å². The molecule has 0 amide bonds. The summed E-state index contributed by atoms with van der Waals surface area (Å²) in [6, 6.07) is 0. The Morgan fingerprint density at radius 2 is 2.12 bits per heavy atom. The van der Waals surface area contributed by atoms with Crippen LogP contribution in [-0.2, 0) is 9.84 Å². The Labute approximate surface area is 98.6 Å². The fourth-order valence-corrected chi connectivity index (χ4v) is 2.90. The molecule has 4 nitrogen and oxygen atoms in total. The first-order valence-electron chi connectivity index (χ1n) is 6.00. The predicted octanol–water partition coefficient (Wildman–Crippen LogP) is 0.514. The van der Waals surface area contributed by atoms with Crippen LogP contribution in [0, 0.1) is 5.92 Å². The van der Waals surface area contributed by atoms with Crippen LogP contribution in [0.1, 0.15) is 26.2 Å². The zero-order chi connectivity index (χ0) is 12.2. The van der Waals surface area contributed by atoms with Crippen molar-refractivity contribution in [3.63, 3.8) is 0 Å². The minimum absolute atomic E-state index is 0.170. The zero-order valence-electron chi connectivity index (χ0n) is 10.2. The second-order valence-corrected chi connectivity index (χ2v) is 7.07. The number of aliphatic hydroxyl groups is 1. The van der Waals surface area contributed by atoms with Crippen molar-refractivity contribution in [3.8, 4) is 0 Å². The van der Waals surface area contributed by atoms with E-state index in [0.717, 1.165) is 32.5 Å². The molecule has 2 atom stereocenters. The molecule has 0 aromatic heterocycles. The molecule has 1 saturated heterocycles. The van der Waals surface area contributed by atoms with Gasteiger partial charge >= 0.3 is 0 Å². The van der Waals surface area contributed by atoms with Crippen molar-refractivity contribution in [1.82, 2.24) is 4.90 Å². The van der Waals surface area contributed by atoms with Crippen LogP contribution in [0.3, 0.4) is 0 Å². The third-order valence-corrected chi connectivity index (χ3v) is 4.32. The van der Waals surface area contributed by atoms with Crippen LogP contribution in [0.15, 0.2) is 0 Å². The molecule has 0 radical (unpaired) electrons. The van der Waals surface area contributed by atoms with Crippen molar-refractivity contribution in [2.45, 2.75) is 32.3 Å². The van der Waals surface area contributed by atoms with Gasteiger partial charge in [0.15, 0.2) is 0 Å². The molecule has 0 spiro atoms. The summed E-state index contributed by atoms with van der Waals surface area (Å²) >= 11 is 0. The lowest BCUT2D eigenvalue weighted by atomic mass is 9.92. The van der Waals surface area contributed by atoms with E-state index < -0.39 is 9.84 Å². The molecule has 96 valence electrons. The van der Waals surface area contributed by atoms with E-state index in [9.17, 15) is 13.5 Å². The highest BCUT2D eigenvalue weighted by Crippen LogP contribution is 2.19. The van der Waals surface area contributed by atoms with Crippen LogP contribution in [0.4, 0.5) is 0 Å². The van der Waals surface area contributed by atoms with Gasteiger partial charge in [-0.15, -0.1) is 0 Å². The van der Waals surface area contributed by atoms with Gasteiger partial charge in [-0.2, -0.15) is 0 Å². The van der Waals surface area contributed by atoms with Crippen LogP contribution < -0.4 is 0 Å². The Kier molecular flexibility index (Phi) is 5.21. The fraction of sp³-hybridized carbons (Fsp3) is 1.00. The van der Waals surface area contributed by atoms with Gasteiger partial charge in [0.1, 0.15) is 9.84 Å². The van der Waals surface area contributed by atoms with Crippen molar-refractivity contribution in [1.29, 1.82) is 0 Å². The van der Waals surface area contributed by atoms with Crippen LogP contribution in [0.5, 0.6) is 0 Å². The number of aliphatic hydroxyl groups excluding tert-OH is 1. The summed E-state index contributed by atoms with van der Waals surface area (Å²) in [4.78, 5) is 2.27. The summed E-state index contributed by atoms with van der Waals surface area (Å²) in [5.74, 6) is 0.620. The van der Waals surface area contributed by atoms with Gasteiger partial charge in [0.2, 0.25) is 0 Å². The Balaban J connectivity index is 2.28. The number of piperidine rings is 1. The molecule has 0 bridgehead atoms. The third kappa shape index (κ3) is 4.80. The summed E-state index contributed by atoms with van der Waals surface area (Å²) in [7, 11) is -2.83. The third-order valence-electron chi connectivity index (χ3n) is 3.29. The Hall–Kier alpha value is -0.130. The van der Waals surface area contributed by atoms with E-state index in [-0.39, 0.29) is 11.9 Å². The lowest BCUT2D eigenvalue weighted by Gasteiger charge is -2.35. The highest BCUT2D eigenvalue weighted by molar-refractivity contribution is 7.90. The monoisotopic (exact) mass is 249 g/mol. The molecule has 16 heavy (non-hydrogen) atoms. The highest BCUT2D eigenvalue weighted by Gasteiger charge is 2.25. The molecule has 5 heteroatoms. The minimum atomic E-state index is -2.83. The maximum absolute atomic E-state index is 11.0. The second-order valence-electron chi connectivity index (χ2n) is 4.81. The van der Waals surface area contributed by atoms with E-state index in [1.54, 1.807) is 0 Å². The maximum atomic E-state index is 11.0. The van der Waals surface area contributed by atoms with Gasteiger partial charge in [-0.05, 0) is 31.7 Å². The molecule has 1 heterocycles. The van der Waals surface area contributed by atoms with Crippen molar-refractivity contribution in [2.24, 2.45) is 5.92 Å². The number of nitrogens with zero attached hydrogens (tertiary/aromatic N) is 1. The molecule has 0 aromatic carbocycles. The van der Waals surface area contributed by atoms with E-state index in [4.69, 9.17) is 0 Å². The maximum Gasteiger partial charge on any atom is 0.147 e. The first-order valence-corrected chi connectivity index (χ1v) is 8.06. The molecular formula is C11H23NO3S. The second kappa shape index (κ2) is 5.98. The average molecular weight is 249 g/mol. The molecule has 1 fully saturated rings. The van der Waals surface area contributed by atoms with Crippen molar-refractivity contribution < 1.29 is 13.5 Å². The van der Waals surface area contributed by atoms with Crippen LogP contribution in [-0.4, -0.2) is 56.2 Å². The van der Waals surface area contributed by atoms with Crippen LogP contribution in [0.2, 0.25) is 0 Å². The molecule has 0 aromatic rings. The highest BCUT2D eigenvalue weighted by atomic mass is 32.2. The average Bonchev–Trinajstić information content (AvgIpc) is 2.18. The molecule has 1 aliphatic rings. The number of hydrogen-bond acceptors (Lipinski definition) is 4. The minimum Gasteiger partial charge on any atom is -0.393 e. The fourth-order valence-electron chi connectivity index (χ4n) is 2.25. The molecule has 0 aliphatic carbocycles. The van der Waals surface area contributed by atoms with E-state index >= 15 is 0 Å². The van der Waals surface area contributed by atoms with Gasteiger partial charge in [0.25, 0.3) is 0 Å². The molecule has 1 rings (SSSR count). The largest absolute Gasteiger partial charge is 0.393 e. The lowest BCUT2D eigenvalue weighted by Crippen LogP contribution is -2.43. The molecule has 2 unspecified atom stereocenters. The number of likely N-dealkylation sites (tertiary alicyclic amines) is 1. The topological polar surface area (TPSA) is 57.6 Å². The standard InChI is InChI=1S/C11H23NO3S/c1-3-10-9-12(7-5-11(10)13)6-4-8-16(2,14)15/h10-11,13H,3-9H2,1-2H3. The SMILES string of the molecule is CCC1CN(CCCS(C)(=O)=O)CCC1O. The van der Waals surface area contributed by atoms with Crippen LogP contribution >= 0.6 is 0 Å². The summed E-state index contributed by atoms with van der Waals surface area (Å²) < 4.78 is 22.0. The first-order chi connectivity index (χ1) is 7.42. The molecule has 1 N–H and O–H groups in total. The van der Waals surface area contributed by atoms with Crippen molar-refractivity contribution in [3.05, 3.63) is 0 Å². The van der Waals surface area contributed by atoms with Gasteiger partial charge in [-0.1, -0.05) is 6.92 Å². The van der Waals surface area contributed by atoms with Crippen molar-refractivity contribution in [2.75, 3.05) is 31.6 Å². The summed E-state index contributed by atoms with van der Waals surface area (Å²) in [5, 5.41) is 9.72. The van der Waals surface area contributed by atoms with E-state index in [1.165, 1.54) is 6.26 Å². The van der Waals surface area contributed by atoms with Gasteiger partial charge in [0.05, 0.1) is 11.9 Å². The van der Waals surface area contributed by atoms with E-state index in [0.29, 0.717) is 12.3 Å². The Morgan fingerprint density at radius 3 is 2.69 bits per heavy atom. The van der Waals surface area contributed by atoms with Gasteiger partial charge in [-0.3, -0.25) is 0 Å². The number of hydrogen-bond donors (Lipinski definition) is 1. The first kappa shape index (κ1) is 13.9. The number of sulfone groups is 1. The molecule has 0 saturated carbocycles. The summed E-state index contributed by atoms with van der Waals surface area (Å²) in [6.07, 6.45) is 3.62. The molecular weight excluding hydrogens is 226 g/mol. The Bertz CT molecular complexity index is 302. The lowest BCUT2D eigenvalue weighted by molar-refractivity contribution is 0.0253. The zero-order valence-corrected chi connectivity index (χ0v) is 11.0. The van der Waals surface area contributed by atoms with Crippen molar-refractivity contribution >= 4 is 9.84 Å². The van der Waals surface area contributed by atoms with Crippen LogP contribution in [0.25, 0.3) is 0 Å². The Morgan fingerprint density at radius 1 is 1.44 bits per heavy atom. The smallest absolute Gasteiger partial charge is 0.147 e.